The van der Waals surface area contributed by atoms with Crippen LogP contribution < -0.4 is 15.2 Å². The van der Waals surface area contributed by atoms with Crippen molar-refractivity contribution in [2.75, 3.05) is 13.2 Å². The van der Waals surface area contributed by atoms with Crippen LogP contribution in [0.4, 0.5) is 0 Å². The van der Waals surface area contributed by atoms with Crippen LogP contribution in [-0.4, -0.2) is 29.4 Å². The Morgan fingerprint density at radius 1 is 1.14 bits per heavy atom. The first-order chi connectivity index (χ1) is 10.2. The van der Waals surface area contributed by atoms with Gasteiger partial charge in [0.15, 0.2) is 0 Å². The van der Waals surface area contributed by atoms with Gasteiger partial charge in [-0.25, -0.2) is 0 Å². The number of aromatic nitrogens is 1. The van der Waals surface area contributed by atoms with Crippen LogP contribution in [0.15, 0.2) is 42.6 Å². The zero-order valence-electron chi connectivity index (χ0n) is 12.0. The third kappa shape index (κ3) is 5.06. The van der Waals surface area contributed by atoms with Gasteiger partial charge in [0.25, 0.3) is 0 Å². The van der Waals surface area contributed by atoms with Gasteiger partial charge in [-0.1, -0.05) is 12.1 Å². The first-order valence-electron chi connectivity index (χ1n) is 6.82. The van der Waals surface area contributed by atoms with Crippen molar-refractivity contribution in [3.63, 3.8) is 0 Å². The molecule has 0 saturated heterocycles. The lowest BCUT2D eigenvalue weighted by molar-refractivity contribution is 0.0625. The third-order valence-electron chi connectivity index (χ3n) is 2.90. The smallest absolute Gasteiger partial charge is 0.137 e. The van der Waals surface area contributed by atoms with Crippen molar-refractivity contribution in [2.45, 2.75) is 19.6 Å². The second-order valence-electron chi connectivity index (χ2n) is 4.76. The Labute approximate surface area is 124 Å². The Morgan fingerprint density at radius 3 is 2.57 bits per heavy atom. The van der Waals surface area contributed by atoms with E-state index in [-0.39, 0.29) is 13.2 Å². The molecule has 0 spiro atoms. The molecule has 0 aliphatic carbocycles. The highest BCUT2D eigenvalue weighted by Gasteiger charge is 2.07. The van der Waals surface area contributed by atoms with Crippen LogP contribution in [-0.2, 0) is 6.54 Å². The van der Waals surface area contributed by atoms with Gasteiger partial charge in [0, 0.05) is 12.2 Å². The van der Waals surface area contributed by atoms with Crippen molar-refractivity contribution in [3.05, 3.63) is 53.9 Å². The molecular weight excluding hydrogens is 268 g/mol. The number of aliphatic hydroxyl groups excluding tert-OH is 1. The van der Waals surface area contributed by atoms with Gasteiger partial charge >= 0.3 is 0 Å². The molecular formula is C16H20N2O3. The molecule has 112 valence electrons. The van der Waals surface area contributed by atoms with Gasteiger partial charge in [-0.05, 0) is 36.8 Å². The minimum atomic E-state index is -0.715. The molecule has 5 nitrogen and oxygen atoms in total. The molecule has 0 bridgehead atoms. The quantitative estimate of drug-likeness (QED) is 0.810. The average molecular weight is 288 g/mol. The number of hydrogen-bond donors (Lipinski definition) is 2. The zero-order valence-corrected chi connectivity index (χ0v) is 12.0. The SMILES string of the molecule is Cc1ccc(OCC(O)COc2cccc(CN)c2)cn1. The Balaban J connectivity index is 1.76. The Bertz CT molecular complexity index is 558. The number of ether oxygens (including phenoxy) is 2. The van der Waals surface area contributed by atoms with E-state index < -0.39 is 6.10 Å². The number of nitrogens with zero attached hydrogens (tertiary/aromatic N) is 1. The molecule has 0 aliphatic rings. The summed E-state index contributed by atoms with van der Waals surface area (Å²) in [4.78, 5) is 4.12. The predicted octanol–water partition coefficient (Wildman–Crippen LogP) is 1.67. The summed E-state index contributed by atoms with van der Waals surface area (Å²) in [6, 6.07) is 11.2. The standard InChI is InChI=1S/C16H20N2O3/c1-12-5-6-16(9-18-12)21-11-14(19)10-20-15-4-2-3-13(7-15)8-17/h2-7,9,14,19H,8,10-11,17H2,1H3. The molecule has 3 N–H and O–H groups in total. The van der Waals surface area contributed by atoms with Gasteiger partial charge in [0.1, 0.15) is 30.8 Å². The summed E-state index contributed by atoms with van der Waals surface area (Å²) in [6.45, 7) is 2.68. The maximum absolute atomic E-state index is 9.86. The van der Waals surface area contributed by atoms with Crippen LogP contribution in [0.1, 0.15) is 11.3 Å². The molecule has 0 fully saturated rings. The molecule has 0 aliphatic heterocycles. The van der Waals surface area contributed by atoms with Crippen LogP contribution in [0.25, 0.3) is 0 Å². The summed E-state index contributed by atoms with van der Waals surface area (Å²) in [5.74, 6) is 1.32. The third-order valence-corrected chi connectivity index (χ3v) is 2.90. The maximum Gasteiger partial charge on any atom is 0.137 e. The van der Waals surface area contributed by atoms with Crippen molar-refractivity contribution >= 4 is 0 Å². The lowest BCUT2D eigenvalue weighted by atomic mass is 10.2. The van der Waals surface area contributed by atoms with Gasteiger partial charge in [0.2, 0.25) is 0 Å². The van der Waals surface area contributed by atoms with Crippen LogP contribution in [0, 0.1) is 6.92 Å². The average Bonchev–Trinajstić information content (AvgIpc) is 2.52. The van der Waals surface area contributed by atoms with E-state index in [1.54, 1.807) is 6.20 Å². The van der Waals surface area contributed by atoms with E-state index in [0.29, 0.717) is 18.0 Å². The van der Waals surface area contributed by atoms with E-state index in [0.717, 1.165) is 11.3 Å². The summed E-state index contributed by atoms with van der Waals surface area (Å²) in [7, 11) is 0. The van der Waals surface area contributed by atoms with E-state index in [2.05, 4.69) is 4.98 Å². The summed E-state index contributed by atoms with van der Waals surface area (Å²) in [6.07, 6.45) is 0.918. The van der Waals surface area contributed by atoms with E-state index in [4.69, 9.17) is 15.2 Å². The molecule has 0 amide bonds. The highest BCUT2D eigenvalue weighted by molar-refractivity contribution is 5.28. The van der Waals surface area contributed by atoms with Crippen molar-refractivity contribution < 1.29 is 14.6 Å². The highest BCUT2D eigenvalue weighted by Crippen LogP contribution is 2.13. The highest BCUT2D eigenvalue weighted by atomic mass is 16.5. The number of nitrogens with two attached hydrogens (primary N) is 1. The summed E-state index contributed by atoms with van der Waals surface area (Å²) in [5, 5.41) is 9.86. The fourth-order valence-corrected chi connectivity index (χ4v) is 1.73. The van der Waals surface area contributed by atoms with Gasteiger partial charge in [0.05, 0.1) is 6.20 Å². The van der Waals surface area contributed by atoms with Gasteiger partial charge in [-0.2, -0.15) is 0 Å². The fourth-order valence-electron chi connectivity index (χ4n) is 1.73. The Morgan fingerprint density at radius 2 is 1.90 bits per heavy atom. The first-order valence-corrected chi connectivity index (χ1v) is 6.82. The van der Waals surface area contributed by atoms with Crippen molar-refractivity contribution in [1.82, 2.24) is 4.98 Å². The molecule has 0 radical (unpaired) electrons. The van der Waals surface area contributed by atoms with E-state index in [1.165, 1.54) is 0 Å². The molecule has 21 heavy (non-hydrogen) atoms. The predicted molar refractivity (Wildman–Crippen MR) is 80.3 cm³/mol. The fraction of sp³-hybridized carbons (Fsp3) is 0.312. The topological polar surface area (TPSA) is 77.6 Å². The molecule has 1 aromatic carbocycles. The molecule has 0 saturated carbocycles. The first kappa shape index (κ1) is 15.3. The molecule has 5 heteroatoms. The molecule has 2 rings (SSSR count). The summed E-state index contributed by atoms with van der Waals surface area (Å²) >= 11 is 0. The molecule has 1 atom stereocenters. The van der Waals surface area contributed by atoms with Gasteiger partial charge < -0.3 is 20.3 Å². The van der Waals surface area contributed by atoms with E-state index >= 15 is 0 Å². The number of hydrogen-bond acceptors (Lipinski definition) is 5. The number of benzene rings is 1. The molecule has 2 aromatic rings. The van der Waals surface area contributed by atoms with Crippen molar-refractivity contribution in [3.8, 4) is 11.5 Å². The minimum absolute atomic E-state index is 0.154. The monoisotopic (exact) mass is 288 g/mol. The van der Waals surface area contributed by atoms with E-state index in [1.807, 2.05) is 43.3 Å². The molecule has 1 heterocycles. The second kappa shape index (κ2) is 7.61. The Hall–Kier alpha value is -2.11. The maximum atomic E-state index is 9.86. The van der Waals surface area contributed by atoms with Crippen LogP contribution >= 0.6 is 0 Å². The zero-order chi connectivity index (χ0) is 15.1. The Kier molecular flexibility index (Phi) is 5.54. The van der Waals surface area contributed by atoms with E-state index in [9.17, 15) is 5.11 Å². The lowest BCUT2D eigenvalue weighted by Gasteiger charge is -2.14. The number of aliphatic hydroxyl groups is 1. The largest absolute Gasteiger partial charge is 0.491 e. The summed E-state index contributed by atoms with van der Waals surface area (Å²) < 4.78 is 11.0. The number of aryl methyl sites for hydroxylation is 1. The van der Waals surface area contributed by atoms with Crippen LogP contribution in [0.3, 0.4) is 0 Å². The molecule has 1 unspecified atom stereocenters. The summed E-state index contributed by atoms with van der Waals surface area (Å²) in [5.41, 5.74) is 7.48. The second-order valence-corrected chi connectivity index (χ2v) is 4.76. The van der Waals surface area contributed by atoms with Gasteiger partial charge in [-0.3, -0.25) is 4.98 Å². The van der Waals surface area contributed by atoms with Crippen LogP contribution in [0.5, 0.6) is 11.5 Å². The normalized spacial score (nSPS) is 12.0. The van der Waals surface area contributed by atoms with Crippen molar-refractivity contribution in [2.24, 2.45) is 5.73 Å². The minimum Gasteiger partial charge on any atom is -0.491 e. The number of pyridine rings is 1. The van der Waals surface area contributed by atoms with Crippen molar-refractivity contribution in [1.29, 1.82) is 0 Å². The molecule has 1 aromatic heterocycles. The number of rotatable bonds is 7. The van der Waals surface area contributed by atoms with Gasteiger partial charge in [-0.15, -0.1) is 0 Å². The van der Waals surface area contributed by atoms with Crippen LogP contribution in [0.2, 0.25) is 0 Å². The lowest BCUT2D eigenvalue weighted by Crippen LogP contribution is -2.25.